The Bertz CT molecular complexity index is 702. The molecule has 100 valence electrons. The van der Waals surface area contributed by atoms with Crippen LogP contribution in [-0.4, -0.2) is 13.4 Å². The van der Waals surface area contributed by atoms with Crippen LogP contribution in [0.15, 0.2) is 45.9 Å². The van der Waals surface area contributed by atoms with Crippen molar-refractivity contribution in [3.63, 3.8) is 0 Å². The molecule has 0 unspecified atom stereocenters. The number of aryl methyl sites for hydroxylation is 1. The molecule has 19 heavy (non-hydrogen) atoms. The number of hydrogen-bond donors (Lipinski definition) is 1. The fourth-order valence-electron chi connectivity index (χ4n) is 1.41. The van der Waals surface area contributed by atoms with Crippen LogP contribution in [0.5, 0.6) is 0 Å². The van der Waals surface area contributed by atoms with Gasteiger partial charge in [-0.2, -0.15) is 0 Å². The maximum atomic E-state index is 12.8. The Balaban J connectivity index is 2.33. The first-order valence-corrected chi connectivity index (χ1v) is 7.56. The molecule has 0 amide bonds. The first kappa shape index (κ1) is 14.0. The summed E-state index contributed by atoms with van der Waals surface area (Å²) in [6.45, 7) is 1.84. The van der Waals surface area contributed by atoms with Crippen LogP contribution in [0.4, 0.5) is 10.2 Å². The maximum absolute atomic E-state index is 12.8. The average molecular weight is 345 g/mol. The zero-order chi connectivity index (χ0) is 14.0. The molecule has 7 heteroatoms. The van der Waals surface area contributed by atoms with Gasteiger partial charge in [-0.25, -0.2) is 17.8 Å². The molecule has 0 spiro atoms. The number of pyridine rings is 1. The van der Waals surface area contributed by atoms with Crippen LogP contribution in [-0.2, 0) is 10.0 Å². The highest BCUT2D eigenvalue weighted by Gasteiger charge is 2.16. The molecule has 0 aliphatic rings. The second-order valence-electron chi connectivity index (χ2n) is 3.90. The highest BCUT2D eigenvalue weighted by molar-refractivity contribution is 9.10. The number of sulfonamides is 1. The predicted octanol–water partition coefficient (Wildman–Crippen LogP) is 3.09. The molecule has 0 saturated heterocycles. The number of aromatic nitrogens is 1. The Labute approximate surface area is 118 Å². The summed E-state index contributed by atoms with van der Waals surface area (Å²) < 4.78 is 39.8. The molecule has 1 heterocycles. The van der Waals surface area contributed by atoms with Gasteiger partial charge in [-0.1, -0.05) is 0 Å². The Morgan fingerprint density at radius 2 is 1.89 bits per heavy atom. The summed E-state index contributed by atoms with van der Waals surface area (Å²) >= 11 is 3.23. The Morgan fingerprint density at radius 3 is 2.47 bits per heavy atom. The molecular weight excluding hydrogens is 335 g/mol. The van der Waals surface area contributed by atoms with E-state index in [4.69, 9.17) is 0 Å². The third-order valence-electron chi connectivity index (χ3n) is 2.33. The number of anilines is 1. The average Bonchev–Trinajstić information content (AvgIpc) is 2.33. The molecule has 4 nitrogen and oxygen atoms in total. The van der Waals surface area contributed by atoms with Crippen molar-refractivity contribution in [2.75, 3.05) is 4.72 Å². The summed E-state index contributed by atoms with van der Waals surface area (Å²) in [6, 6.07) is 6.31. The summed E-state index contributed by atoms with van der Waals surface area (Å²) in [7, 11) is -3.77. The highest BCUT2D eigenvalue weighted by atomic mass is 79.9. The SMILES string of the molecule is Cc1cnc(NS(=O)(=O)c2ccc(F)cc2)c(Br)c1. The lowest BCUT2D eigenvalue weighted by atomic mass is 10.3. The lowest BCUT2D eigenvalue weighted by Gasteiger charge is -2.09. The second-order valence-corrected chi connectivity index (χ2v) is 6.44. The first-order valence-electron chi connectivity index (χ1n) is 5.29. The molecule has 2 aromatic rings. The van der Waals surface area contributed by atoms with Crippen molar-refractivity contribution in [1.82, 2.24) is 4.98 Å². The van der Waals surface area contributed by atoms with Crippen molar-refractivity contribution in [1.29, 1.82) is 0 Å². The quantitative estimate of drug-likeness (QED) is 0.930. The largest absolute Gasteiger partial charge is 0.263 e. The van der Waals surface area contributed by atoms with Crippen LogP contribution in [0.25, 0.3) is 0 Å². The van der Waals surface area contributed by atoms with Gasteiger partial charge in [-0.15, -0.1) is 0 Å². The lowest BCUT2D eigenvalue weighted by molar-refractivity contribution is 0.599. The number of hydrogen-bond acceptors (Lipinski definition) is 3. The fraction of sp³-hybridized carbons (Fsp3) is 0.0833. The smallest absolute Gasteiger partial charge is 0.262 e. The van der Waals surface area contributed by atoms with Crippen molar-refractivity contribution in [2.45, 2.75) is 11.8 Å². The van der Waals surface area contributed by atoms with Gasteiger partial charge in [0.1, 0.15) is 5.82 Å². The summed E-state index contributed by atoms with van der Waals surface area (Å²) in [4.78, 5) is 3.97. The minimum Gasteiger partial charge on any atom is -0.262 e. The van der Waals surface area contributed by atoms with E-state index < -0.39 is 15.8 Å². The Morgan fingerprint density at radius 1 is 1.26 bits per heavy atom. The monoisotopic (exact) mass is 344 g/mol. The van der Waals surface area contributed by atoms with Crippen molar-refractivity contribution < 1.29 is 12.8 Å². The molecule has 0 fully saturated rings. The van der Waals surface area contributed by atoms with Crippen LogP contribution in [0.2, 0.25) is 0 Å². The molecule has 0 radical (unpaired) electrons. The fourth-order valence-corrected chi connectivity index (χ4v) is 3.13. The molecule has 0 saturated carbocycles. The van der Waals surface area contributed by atoms with Crippen molar-refractivity contribution in [3.05, 3.63) is 52.4 Å². The van der Waals surface area contributed by atoms with Crippen LogP contribution < -0.4 is 4.72 Å². The van der Waals surface area contributed by atoms with E-state index in [0.29, 0.717) is 4.47 Å². The minimum atomic E-state index is -3.77. The van der Waals surface area contributed by atoms with Gasteiger partial charge in [0.25, 0.3) is 10.0 Å². The van der Waals surface area contributed by atoms with Gasteiger partial charge in [0.2, 0.25) is 0 Å². The highest BCUT2D eigenvalue weighted by Crippen LogP contribution is 2.23. The van der Waals surface area contributed by atoms with Gasteiger partial charge < -0.3 is 0 Å². The van der Waals surface area contributed by atoms with E-state index in [1.807, 2.05) is 6.92 Å². The van der Waals surface area contributed by atoms with Gasteiger partial charge in [0.15, 0.2) is 5.82 Å². The van der Waals surface area contributed by atoms with Crippen molar-refractivity contribution in [2.24, 2.45) is 0 Å². The summed E-state index contributed by atoms with van der Waals surface area (Å²) in [5, 5.41) is 0. The van der Waals surface area contributed by atoms with Gasteiger partial charge >= 0.3 is 0 Å². The van der Waals surface area contributed by atoms with Gasteiger partial charge in [0.05, 0.1) is 9.37 Å². The zero-order valence-corrected chi connectivity index (χ0v) is 12.3. The third kappa shape index (κ3) is 3.30. The molecule has 0 bridgehead atoms. The lowest BCUT2D eigenvalue weighted by Crippen LogP contribution is -2.14. The standard InChI is InChI=1S/C12H10BrFN2O2S/c1-8-6-11(13)12(15-7-8)16-19(17,18)10-4-2-9(14)3-5-10/h2-7H,1H3,(H,15,16). The number of nitrogens with zero attached hydrogens (tertiary/aromatic N) is 1. The molecule has 1 N–H and O–H groups in total. The van der Waals surface area contributed by atoms with E-state index in [1.165, 1.54) is 12.1 Å². The number of benzene rings is 1. The summed E-state index contributed by atoms with van der Waals surface area (Å²) in [6.07, 6.45) is 1.55. The molecule has 0 aliphatic carbocycles. The molecule has 2 rings (SSSR count). The van der Waals surface area contributed by atoms with E-state index >= 15 is 0 Å². The number of nitrogens with one attached hydrogen (secondary N) is 1. The number of rotatable bonds is 3. The number of halogens is 2. The normalized spacial score (nSPS) is 11.3. The van der Waals surface area contributed by atoms with Crippen LogP contribution in [0, 0.1) is 12.7 Å². The molecule has 1 aromatic heterocycles. The maximum Gasteiger partial charge on any atom is 0.263 e. The molecule has 0 atom stereocenters. The van der Waals surface area contributed by atoms with Gasteiger partial charge in [-0.3, -0.25) is 4.72 Å². The van der Waals surface area contributed by atoms with E-state index in [9.17, 15) is 12.8 Å². The van der Waals surface area contributed by atoms with E-state index in [2.05, 4.69) is 25.6 Å². The first-order chi connectivity index (χ1) is 8.88. The predicted molar refractivity (Wildman–Crippen MR) is 73.9 cm³/mol. The van der Waals surface area contributed by atoms with E-state index in [1.54, 1.807) is 12.3 Å². The second kappa shape index (κ2) is 5.26. The molecule has 0 aliphatic heterocycles. The molecular formula is C12H10BrFN2O2S. The third-order valence-corrected chi connectivity index (χ3v) is 4.29. The van der Waals surface area contributed by atoms with Gasteiger partial charge in [0, 0.05) is 6.20 Å². The van der Waals surface area contributed by atoms with Crippen LogP contribution >= 0.6 is 15.9 Å². The van der Waals surface area contributed by atoms with E-state index in [0.717, 1.165) is 17.7 Å². The Hall–Kier alpha value is -1.47. The Kier molecular flexibility index (Phi) is 3.86. The zero-order valence-electron chi connectivity index (χ0n) is 9.89. The van der Waals surface area contributed by atoms with Crippen LogP contribution in [0.1, 0.15) is 5.56 Å². The summed E-state index contributed by atoms with van der Waals surface area (Å²) in [5.74, 6) is -0.302. The minimum absolute atomic E-state index is 0.0248. The van der Waals surface area contributed by atoms with E-state index in [-0.39, 0.29) is 10.7 Å². The summed E-state index contributed by atoms with van der Waals surface area (Å²) in [5.41, 5.74) is 0.900. The van der Waals surface area contributed by atoms with Crippen molar-refractivity contribution in [3.8, 4) is 0 Å². The topological polar surface area (TPSA) is 59.1 Å². The van der Waals surface area contributed by atoms with Crippen LogP contribution in [0.3, 0.4) is 0 Å². The molecule has 1 aromatic carbocycles. The van der Waals surface area contributed by atoms with Crippen molar-refractivity contribution >= 4 is 31.8 Å². The van der Waals surface area contributed by atoms with Gasteiger partial charge in [-0.05, 0) is 58.7 Å².